The average Bonchev–Trinajstić information content (AvgIpc) is 3.12. The monoisotopic (exact) mass is 374 g/mol. The maximum Gasteiger partial charge on any atom is 0.410 e. The van der Waals surface area contributed by atoms with Gasteiger partial charge < -0.3 is 14.5 Å². The zero-order valence-electron chi connectivity index (χ0n) is 15.3. The number of pyridine rings is 2. The lowest BCUT2D eigenvalue weighted by Crippen LogP contribution is -2.42. The normalized spacial score (nSPS) is 22.8. The highest BCUT2D eigenvalue weighted by Crippen LogP contribution is 2.37. The number of carbonyl (C=O) groups excluding carboxylic acids is 1. The number of amides is 1. The van der Waals surface area contributed by atoms with Crippen LogP contribution in [0.3, 0.4) is 0 Å². The highest BCUT2D eigenvalue weighted by molar-refractivity contribution is 6.30. The van der Waals surface area contributed by atoms with Gasteiger partial charge in [0.05, 0.1) is 11.6 Å². The number of aromatic nitrogens is 2. The van der Waals surface area contributed by atoms with E-state index in [2.05, 4.69) is 14.9 Å². The second-order valence-corrected chi connectivity index (χ2v) is 8.42. The van der Waals surface area contributed by atoms with E-state index in [-0.39, 0.29) is 12.1 Å². The van der Waals surface area contributed by atoms with Crippen molar-refractivity contribution in [2.75, 3.05) is 24.5 Å². The minimum atomic E-state index is -0.482. The number of fused-ring (bicyclic) bond motifs is 2. The molecule has 0 bridgehead atoms. The van der Waals surface area contributed by atoms with Crippen molar-refractivity contribution < 1.29 is 9.53 Å². The van der Waals surface area contributed by atoms with Gasteiger partial charge in [-0.3, -0.25) is 4.98 Å². The Bertz CT molecular complexity index is 851. The second-order valence-electron chi connectivity index (χ2n) is 8.03. The summed E-state index contributed by atoms with van der Waals surface area (Å²) >= 11 is 6.21. The Labute approximate surface area is 158 Å². The molecule has 2 aliphatic rings. The summed E-state index contributed by atoms with van der Waals surface area (Å²) in [4.78, 5) is 25.6. The fourth-order valence-electron chi connectivity index (χ4n) is 3.95. The van der Waals surface area contributed by atoms with Crippen molar-refractivity contribution in [3.05, 3.63) is 29.5 Å². The van der Waals surface area contributed by atoms with Crippen LogP contribution in [-0.4, -0.2) is 52.2 Å². The first-order valence-electron chi connectivity index (χ1n) is 8.98. The third-order valence-electron chi connectivity index (χ3n) is 5.02. The number of halogens is 1. The predicted molar refractivity (Wildman–Crippen MR) is 102 cm³/mol. The van der Waals surface area contributed by atoms with E-state index in [1.165, 1.54) is 0 Å². The maximum atomic E-state index is 12.6. The summed E-state index contributed by atoms with van der Waals surface area (Å²) in [6.45, 7) is 8.04. The van der Waals surface area contributed by atoms with E-state index in [4.69, 9.17) is 16.3 Å². The van der Waals surface area contributed by atoms with Crippen molar-refractivity contribution in [1.82, 2.24) is 14.9 Å². The van der Waals surface area contributed by atoms with Gasteiger partial charge in [0, 0.05) is 43.2 Å². The highest BCUT2D eigenvalue weighted by Gasteiger charge is 2.45. The molecule has 4 rings (SSSR count). The fraction of sp³-hybridized carbons (Fsp3) is 0.526. The van der Waals surface area contributed by atoms with Crippen LogP contribution in [0.15, 0.2) is 24.4 Å². The van der Waals surface area contributed by atoms with E-state index in [0.29, 0.717) is 11.1 Å². The number of hydrogen-bond donors (Lipinski definition) is 0. The molecule has 1 amide bonds. The number of carbonyl (C=O) groups is 1. The number of likely N-dealkylation sites (tertiary alicyclic amines) is 1. The first-order valence-corrected chi connectivity index (χ1v) is 9.35. The minimum Gasteiger partial charge on any atom is -0.444 e. The molecule has 26 heavy (non-hydrogen) atoms. The molecule has 0 spiro atoms. The van der Waals surface area contributed by atoms with Crippen LogP contribution in [-0.2, 0) is 4.74 Å². The van der Waals surface area contributed by atoms with Crippen LogP contribution in [0, 0.1) is 5.92 Å². The molecule has 7 heteroatoms. The lowest BCUT2D eigenvalue weighted by atomic mass is 10.1. The average molecular weight is 375 g/mol. The summed E-state index contributed by atoms with van der Waals surface area (Å²) in [5, 5.41) is 1.42. The van der Waals surface area contributed by atoms with Crippen molar-refractivity contribution >= 4 is 34.4 Å². The molecule has 0 saturated carbocycles. The van der Waals surface area contributed by atoms with Gasteiger partial charge in [-0.1, -0.05) is 11.6 Å². The quantitative estimate of drug-likeness (QED) is 0.712. The van der Waals surface area contributed by atoms with E-state index >= 15 is 0 Å². The van der Waals surface area contributed by atoms with Crippen molar-refractivity contribution in [3.63, 3.8) is 0 Å². The van der Waals surface area contributed by atoms with Gasteiger partial charge in [-0.15, -0.1) is 0 Å². The first-order chi connectivity index (χ1) is 12.3. The van der Waals surface area contributed by atoms with Crippen LogP contribution >= 0.6 is 11.6 Å². The molecule has 0 aliphatic carbocycles. The highest BCUT2D eigenvalue weighted by atomic mass is 35.5. The summed E-state index contributed by atoms with van der Waals surface area (Å²) in [7, 11) is 0. The van der Waals surface area contributed by atoms with Gasteiger partial charge in [0.2, 0.25) is 0 Å². The van der Waals surface area contributed by atoms with Gasteiger partial charge in [0.15, 0.2) is 0 Å². The molecule has 2 aromatic rings. The third-order valence-corrected chi connectivity index (χ3v) is 5.22. The molecule has 0 aromatic carbocycles. The molecule has 4 heterocycles. The molecule has 0 N–H and O–H groups in total. The van der Waals surface area contributed by atoms with Crippen molar-refractivity contribution in [2.45, 2.75) is 38.8 Å². The summed E-state index contributed by atoms with van der Waals surface area (Å²) in [5.74, 6) is 1.27. The predicted octanol–water partition coefficient (Wildman–Crippen LogP) is 3.73. The zero-order chi connectivity index (χ0) is 18.5. The smallest absolute Gasteiger partial charge is 0.410 e. The molecule has 2 aromatic heterocycles. The molecule has 2 aliphatic heterocycles. The molecule has 2 unspecified atom stereocenters. The van der Waals surface area contributed by atoms with Crippen LogP contribution in [0.5, 0.6) is 0 Å². The fourth-order valence-corrected chi connectivity index (χ4v) is 4.13. The summed E-state index contributed by atoms with van der Waals surface area (Å²) in [6, 6.07) is 5.86. The van der Waals surface area contributed by atoms with E-state index in [9.17, 15) is 4.79 Å². The topological polar surface area (TPSA) is 58.6 Å². The summed E-state index contributed by atoms with van der Waals surface area (Å²) < 4.78 is 5.58. The molecule has 0 radical (unpaired) electrons. The molecule has 6 nitrogen and oxygen atoms in total. The van der Waals surface area contributed by atoms with E-state index < -0.39 is 5.60 Å². The lowest BCUT2D eigenvalue weighted by Gasteiger charge is -2.29. The number of rotatable bonds is 1. The van der Waals surface area contributed by atoms with Crippen molar-refractivity contribution in [2.24, 2.45) is 5.92 Å². The van der Waals surface area contributed by atoms with Gasteiger partial charge in [0.1, 0.15) is 16.6 Å². The van der Waals surface area contributed by atoms with E-state index in [1.807, 2.05) is 37.8 Å². The van der Waals surface area contributed by atoms with E-state index in [0.717, 1.165) is 42.8 Å². The van der Waals surface area contributed by atoms with Gasteiger partial charge in [-0.05, 0) is 39.3 Å². The number of nitrogens with zero attached hydrogens (tertiary/aromatic N) is 4. The number of ether oxygens (including phenoxy) is 1. The Balaban J connectivity index is 1.59. The Morgan fingerprint density at radius 1 is 1.35 bits per heavy atom. The van der Waals surface area contributed by atoms with Gasteiger partial charge in [0.25, 0.3) is 0 Å². The second kappa shape index (κ2) is 6.27. The van der Waals surface area contributed by atoms with Crippen LogP contribution in [0.4, 0.5) is 10.6 Å². The number of anilines is 1. The molecule has 2 atom stereocenters. The van der Waals surface area contributed by atoms with Crippen LogP contribution in [0.25, 0.3) is 10.9 Å². The lowest BCUT2D eigenvalue weighted by molar-refractivity contribution is 0.0229. The maximum absolute atomic E-state index is 12.6. The molecule has 2 fully saturated rings. The van der Waals surface area contributed by atoms with Crippen LogP contribution < -0.4 is 4.90 Å². The Hall–Kier alpha value is -2.08. The van der Waals surface area contributed by atoms with Gasteiger partial charge in [-0.25, -0.2) is 9.78 Å². The Morgan fingerprint density at radius 2 is 2.15 bits per heavy atom. The minimum absolute atomic E-state index is 0.150. The molecule has 2 saturated heterocycles. The number of hydrogen-bond acceptors (Lipinski definition) is 5. The van der Waals surface area contributed by atoms with Crippen LogP contribution in [0.1, 0.15) is 27.2 Å². The molecule has 138 valence electrons. The zero-order valence-corrected chi connectivity index (χ0v) is 16.0. The Kier molecular flexibility index (Phi) is 4.18. The first kappa shape index (κ1) is 17.3. The van der Waals surface area contributed by atoms with E-state index in [1.54, 1.807) is 12.3 Å². The van der Waals surface area contributed by atoms with Gasteiger partial charge in [-0.2, -0.15) is 0 Å². The SMILES string of the molecule is CC(C)(C)OC(=O)N1CCC2CN(c3nc(Cl)cc4ncccc34)CC21. The largest absolute Gasteiger partial charge is 0.444 e. The molecular formula is C19H23ClN4O2. The Morgan fingerprint density at radius 3 is 2.92 bits per heavy atom. The van der Waals surface area contributed by atoms with Crippen molar-refractivity contribution in [1.29, 1.82) is 0 Å². The van der Waals surface area contributed by atoms with Crippen molar-refractivity contribution in [3.8, 4) is 0 Å². The molecular weight excluding hydrogens is 352 g/mol. The van der Waals surface area contributed by atoms with Gasteiger partial charge >= 0.3 is 6.09 Å². The summed E-state index contributed by atoms with van der Waals surface area (Å²) in [6.07, 6.45) is 2.51. The standard InChI is InChI=1S/C19H23ClN4O2/c1-19(2,3)26-18(25)24-8-6-12-10-23(11-15(12)24)17-13-5-4-7-21-14(13)9-16(20)22-17/h4-5,7,9,12,15H,6,8,10-11H2,1-3H3. The summed E-state index contributed by atoms with van der Waals surface area (Å²) in [5.41, 5.74) is 0.354. The third kappa shape index (κ3) is 3.18. The van der Waals surface area contributed by atoms with Crippen LogP contribution in [0.2, 0.25) is 5.15 Å².